The van der Waals surface area contributed by atoms with Crippen molar-refractivity contribution in [1.82, 2.24) is 15.6 Å². The summed E-state index contributed by atoms with van der Waals surface area (Å²) in [6.07, 6.45) is -3.02. The molecule has 0 unspecified atom stereocenters. The van der Waals surface area contributed by atoms with Gasteiger partial charge in [-0.05, 0) is 13.0 Å². The van der Waals surface area contributed by atoms with Crippen molar-refractivity contribution >= 4 is 29.9 Å². The minimum absolute atomic E-state index is 0. The average molecular weight is 462 g/mol. The van der Waals surface area contributed by atoms with Crippen LogP contribution in [-0.2, 0) is 11.3 Å². The molecule has 0 spiro atoms. The van der Waals surface area contributed by atoms with Crippen LogP contribution in [0.25, 0.3) is 0 Å². The van der Waals surface area contributed by atoms with E-state index in [1.165, 1.54) is 6.20 Å². The Bertz CT molecular complexity index is 501. The topological polar surface area (TPSA) is 67.8 Å². The van der Waals surface area contributed by atoms with Crippen molar-refractivity contribution in [2.45, 2.75) is 19.6 Å². The summed E-state index contributed by atoms with van der Waals surface area (Å²) in [6, 6.07) is 3.27. The summed E-state index contributed by atoms with van der Waals surface area (Å²) < 4.78 is 46.6. The van der Waals surface area contributed by atoms with Crippen molar-refractivity contribution in [3.8, 4) is 5.88 Å². The number of rotatable bonds is 8. The van der Waals surface area contributed by atoms with E-state index < -0.39 is 12.8 Å². The number of aliphatic imine (C=N–C) groups is 1. The lowest BCUT2D eigenvalue weighted by atomic mass is 10.2. The lowest BCUT2D eigenvalue weighted by Gasteiger charge is -2.14. The molecule has 1 aromatic heterocycles. The van der Waals surface area contributed by atoms with Crippen molar-refractivity contribution in [3.63, 3.8) is 0 Å². The number of halogens is 4. The highest BCUT2D eigenvalue weighted by Crippen LogP contribution is 2.19. The van der Waals surface area contributed by atoms with Crippen LogP contribution in [0.1, 0.15) is 12.5 Å². The molecule has 0 radical (unpaired) electrons. The SMILES string of the molecule is CCOCCNC(=NC)NCc1cccnc1OCC(F)(F)F.I. The number of nitrogens with one attached hydrogen (secondary N) is 2. The lowest BCUT2D eigenvalue weighted by Crippen LogP contribution is -2.38. The highest BCUT2D eigenvalue weighted by atomic mass is 127. The summed E-state index contributed by atoms with van der Waals surface area (Å²) in [5, 5.41) is 6.01. The van der Waals surface area contributed by atoms with Gasteiger partial charge >= 0.3 is 6.18 Å². The molecule has 1 rings (SSSR count). The summed E-state index contributed by atoms with van der Waals surface area (Å²) in [5.41, 5.74) is 0.504. The molecule has 0 fully saturated rings. The molecular formula is C14H22F3IN4O2. The van der Waals surface area contributed by atoms with Gasteiger partial charge in [0.15, 0.2) is 12.6 Å². The van der Waals surface area contributed by atoms with Crippen LogP contribution in [0.4, 0.5) is 13.2 Å². The van der Waals surface area contributed by atoms with Gasteiger partial charge in [-0.15, -0.1) is 24.0 Å². The van der Waals surface area contributed by atoms with Gasteiger partial charge in [-0.25, -0.2) is 4.98 Å². The molecule has 0 bridgehead atoms. The number of alkyl halides is 3. The maximum absolute atomic E-state index is 12.2. The standard InChI is InChI=1S/C14H21F3N4O2.HI/c1-3-22-8-7-20-13(18-2)21-9-11-5-4-6-19-12(11)23-10-14(15,16)17;/h4-6H,3,7-10H2,1-2H3,(H2,18,20,21);1H. The zero-order valence-corrected chi connectivity index (χ0v) is 15.9. The smallest absolute Gasteiger partial charge is 0.422 e. The Labute approximate surface area is 156 Å². The van der Waals surface area contributed by atoms with Crippen molar-refractivity contribution in [2.75, 3.05) is 33.4 Å². The minimum Gasteiger partial charge on any atom is -0.468 e. The number of guanidine groups is 1. The molecular weight excluding hydrogens is 440 g/mol. The second-order valence-corrected chi connectivity index (χ2v) is 4.42. The molecule has 1 heterocycles. The number of pyridine rings is 1. The Morgan fingerprint density at radius 2 is 2.08 bits per heavy atom. The third-order valence-corrected chi connectivity index (χ3v) is 2.64. The lowest BCUT2D eigenvalue weighted by molar-refractivity contribution is -0.154. The highest BCUT2D eigenvalue weighted by Gasteiger charge is 2.29. The fraction of sp³-hybridized carbons (Fsp3) is 0.571. The van der Waals surface area contributed by atoms with Crippen LogP contribution < -0.4 is 15.4 Å². The van der Waals surface area contributed by atoms with E-state index in [0.29, 0.717) is 31.3 Å². The quantitative estimate of drug-likeness (QED) is 0.269. The van der Waals surface area contributed by atoms with Crippen molar-refractivity contribution in [3.05, 3.63) is 23.9 Å². The summed E-state index contributed by atoms with van der Waals surface area (Å²) in [6.45, 7) is 2.48. The summed E-state index contributed by atoms with van der Waals surface area (Å²) >= 11 is 0. The summed E-state index contributed by atoms with van der Waals surface area (Å²) in [4.78, 5) is 7.84. The molecule has 0 saturated heterocycles. The molecule has 0 aromatic carbocycles. The van der Waals surface area contributed by atoms with Crippen molar-refractivity contribution in [2.24, 2.45) is 4.99 Å². The highest BCUT2D eigenvalue weighted by molar-refractivity contribution is 14.0. The third kappa shape index (κ3) is 9.75. The van der Waals surface area contributed by atoms with E-state index in [2.05, 4.69) is 20.6 Å². The zero-order valence-electron chi connectivity index (χ0n) is 13.5. The molecule has 2 N–H and O–H groups in total. The average Bonchev–Trinajstić information content (AvgIpc) is 2.52. The van der Waals surface area contributed by atoms with Crippen LogP contribution in [-0.4, -0.2) is 50.5 Å². The van der Waals surface area contributed by atoms with Gasteiger partial charge in [-0.2, -0.15) is 13.2 Å². The number of hydrogen-bond donors (Lipinski definition) is 2. The van der Waals surface area contributed by atoms with Crippen LogP contribution in [0, 0.1) is 0 Å². The van der Waals surface area contributed by atoms with E-state index in [4.69, 9.17) is 9.47 Å². The Kier molecular flexibility index (Phi) is 11.5. The van der Waals surface area contributed by atoms with Gasteiger partial charge in [-0.3, -0.25) is 4.99 Å². The summed E-state index contributed by atoms with van der Waals surface area (Å²) in [7, 11) is 1.60. The van der Waals surface area contributed by atoms with E-state index in [-0.39, 0.29) is 36.4 Å². The van der Waals surface area contributed by atoms with Crippen LogP contribution >= 0.6 is 24.0 Å². The van der Waals surface area contributed by atoms with Crippen molar-refractivity contribution in [1.29, 1.82) is 0 Å². The molecule has 24 heavy (non-hydrogen) atoms. The van der Waals surface area contributed by atoms with Crippen LogP contribution in [0.15, 0.2) is 23.3 Å². The largest absolute Gasteiger partial charge is 0.468 e. The first-order chi connectivity index (χ1) is 11.0. The van der Waals surface area contributed by atoms with Gasteiger partial charge in [0.25, 0.3) is 0 Å². The molecule has 1 aromatic rings. The van der Waals surface area contributed by atoms with E-state index in [1.807, 2.05) is 6.92 Å². The second-order valence-electron chi connectivity index (χ2n) is 4.42. The molecule has 0 saturated carbocycles. The van der Waals surface area contributed by atoms with E-state index in [1.54, 1.807) is 19.2 Å². The maximum atomic E-state index is 12.2. The van der Waals surface area contributed by atoms with Gasteiger partial charge in [0.2, 0.25) is 5.88 Å². The predicted octanol–water partition coefficient (Wildman–Crippen LogP) is 2.34. The van der Waals surface area contributed by atoms with Gasteiger partial charge in [0.1, 0.15) is 0 Å². The second kappa shape index (κ2) is 12.1. The van der Waals surface area contributed by atoms with Crippen molar-refractivity contribution < 1.29 is 22.6 Å². The fourth-order valence-electron chi connectivity index (χ4n) is 1.62. The third-order valence-electron chi connectivity index (χ3n) is 2.64. The van der Waals surface area contributed by atoms with Gasteiger partial charge < -0.3 is 20.1 Å². The molecule has 0 aliphatic rings. The van der Waals surface area contributed by atoms with Gasteiger partial charge in [0, 0.05) is 38.5 Å². The van der Waals surface area contributed by atoms with Gasteiger partial charge in [0.05, 0.1) is 6.61 Å². The van der Waals surface area contributed by atoms with E-state index in [0.717, 1.165) is 0 Å². The first kappa shape index (κ1) is 22.7. The first-order valence-corrected chi connectivity index (χ1v) is 7.12. The Hall–Kier alpha value is -1.30. The Morgan fingerprint density at radius 1 is 1.33 bits per heavy atom. The molecule has 0 aliphatic carbocycles. The van der Waals surface area contributed by atoms with Crippen LogP contribution in [0.3, 0.4) is 0 Å². The molecule has 6 nitrogen and oxygen atoms in total. The molecule has 138 valence electrons. The summed E-state index contributed by atoms with van der Waals surface area (Å²) in [5.74, 6) is 0.456. The predicted molar refractivity (Wildman–Crippen MR) is 95.9 cm³/mol. The number of hydrogen-bond acceptors (Lipinski definition) is 4. The fourth-order valence-corrected chi connectivity index (χ4v) is 1.62. The zero-order chi connectivity index (χ0) is 17.1. The molecule has 10 heteroatoms. The first-order valence-electron chi connectivity index (χ1n) is 7.12. The maximum Gasteiger partial charge on any atom is 0.422 e. The van der Waals surface area contributed by atoms with Gasteiger partial charge in [-0.1, -0.05) is 6.07 Å². The molecule has 0 atom stereocenters. The van der Waals surface area contributed by atoms with E-state index >= 15 is 0 Å². The number of aromatic nitrogens is 1. The molecule has 0 aliphatic heterocycles. The monoisotopic (exact) mass is 462 g/mol. The van der Waals surface area contributed by atoms with E-state index in [9.17, 15) is 13.2 Å². The Balaban J connectivity index is 0.00000529. The number of nitrogens with zero attached hydrogens (tertiary/aromatic N) is 2. The van der Waals surface area contributed by atoms with Crippen LogP contribution in [0.5, 0.6) is 5.88 Å². The normalized spacial score (nSPS) is 11.6. The minimum atomic E-state index is -4.40. The number of ether oxygens (including phenoxy) is 2. The Morgan fingerprint density at radius 3 is 2.71 bits per heavy atom. The molecule has 0 amide bonds. The van der Waals surface area contributed by atoms with Crippen LogP contribution in [0.2, 0.25) is 0 Å².